The number of aromatic hydroxyl groups is 1. The Kier molecular flexibility index (Phi) is 3.14. The number of phenolic OH excluding ortho intramolecular Hbond substituents is 1. The molecule has 2 rings (SSSR count). The summed E-state index contributed by atoms with van der Waals surface area (Å²) >= 11 is 0. The van der Waals surface area contributed by atoms with Gasteiger partial charge in [0.25, 0.3) is 0 Å². The minimum Gasteiger partial charge on any atom is -0.508 e. The molecule has 2 aromatic rings. The molecule has 0 atom stereocenters. The van der Waals surface area contributed by atoms with E-state index in [2.05, 4.69) is 17.0 Å². The molecular formula is C13H15N3O. The lowest BCUT2D eigenvalue weighted by Crippen LogP contribution is -1.99. The summed E-state index contributed by atoms with van der Waals surface area (Å²) in [6, 6.07) is 5.26. The van der Waals surface area contributed by atoms with Crippen LogP contribution in [0, 0.1) is 6.92 Å². The fourth-order valence-corrected chi connectivity index (χ4v) is 1.61. The van der Waals surface area contributed by atoms with Gasteiger partial charge in [0.15, 0.2) is 0 Å². The lowest BCUT2D eigenvalue weighted by molar-refractivity contribution is 0.475. The molecule has 0 aliphatic carbocycles. The number of hydrogen-bond donors (Lipinski definition) is 2. The summed E-state index contributed by atoms with van der Waals surface area (Å²) in [6.45, 7) is 6.29. The summed E-state index contributed by atoms with van der Waals surface area (Å²) in [5, 5.41) is 16.7. The Morgan fingerprint density at radius 1 is 1.53 bits per heavy atom. The molecule has 0 saturated heterocycles. The van der Waals surface area contributed by atoms with E-state index in [4.69, 9.17) is 0 Å². The Morgan fingerprint density at radius 3 is 3.00 bits per heavy atom. The van der Waals surface area contributed by atoms with Gasteiger partial charge in [0.05, 0.1) is 6.20 Å². The topological polar surface area (TPSA) is 50.1 Å². The van der Waals surface area contributed by atoms with Crippen molar-refractivity contribution in [2.24, 2.45) is 0 Å². The van der Waals surface area contributed by atoms with Crippen LogP contribution < -0.4 is 5.32 Å². The van der Waals surface area contributed by atoms with E-state index in [0.717, 1.165) is 16.8 Å². The van der Waals surface area contributed by atoms with Crippen molar-refractivity contribution in [2.45, 2.75) is 13.5 Å². The van der Waals surface area contributed by atoms with Crippen molar-refractivity contribution >= 4 is 11.9 Å². The Hall–Kier alpha value is -2.23. The van der Waals surface area contributed by atoms with Crippen LogP contribution in [0.3, 0.4) is 0 Å². The molecule has 0 unspecified atom stereocenters. The summed E-state index contributed by atoms with van der Waals surface area (Å²) < 4.78 is 1.67. The molecule has 0 radical (unpaired) electrons. The summed E-state index contributed by atoms with van der Waals surface area (Å²) in [6.07, 6.45) is 5.36. The molecule has 0 amide bonds. The standard InChI is InChI=1S/C13H15N3O/c1-3-16-9-11(8-15-16)7-14-13-5-4-12(17)6-10(13)2/h3-6,8-9,14,17H,1,7H2,2H3. The van der Waals surface area contributed by atoms with Gasteiger partial charge >= 0.3 is 0 Å². The second-order valence-corrected chi connectivity index (χ2v) is 3.86. The van der Waals surface area contributed by atoms with Gasteiger partial charge in [-0.3, -0.25) is 0 Å². The van der Waals surface area contributed by atoms with Crippen LogP contribution in [-0.2, 0) is 6.54 Å². The van der Waals surface area contributed by atoms with E-state index in [1.54, 1.807) is 29.2 Å². The largest absolute Gasteiger partial charge is 0.508 e. The molecule has 1 heterocycles. The van der Waals surface area contributed by atoms with Gasteiger partial charge in [-0.2, -0.15) is 5.10 Å². The molecule has 0 fully saturated rings. The first-order valence-corrected chi connectivity index (χ1v) is 5.38. The summed E-state index contributed by atoms with van der Waals surface area (Å²) in [5.41, 5.74) is 3.10. The maximum absolute atomic E-state index is 9.31. The number of hydrogen-bond acceptors (Lipinski definition) is 3. The van der Waals surface area contributed by atoms with Gasteiger partial charge in [0.1, 0.15) is 5.75 Å². The summed E-state index contributed by atoms with van der Waals surface area (Å²) in [5.74, 6) is 0.285. The molecule has 4 nitrogen and oxygen atoms in total. The molecule has 17 heavy (non-hydrogen) atoms. The number of rotatable bonds is 4. The zero-order valence-corrected chi connectivity index (χ0v) is 9.72. The van der Waals surface area contributed by atoms with Gasteiger partial charge in [0.2, 0.25) is 0 Å². The molecule has 0 bridgehead atoms. The second kappa shape index (κ2) is 4.74. The van der Waals surface area contributed by atoms with Crippen LogP contribution in [-0.4, -0.2) is 14.9 Å². The summed E-state index contributed by atoms with van der Waals surface area (Å²) in [4.78, 5) is 0. The van der Waals surface area contributed by atoms with E-state index >= 15 is 0 Å². The van der Waals surface area contributed by atoms with Crippen molar-refractivity contribution in [1.29, 1.82) is 0 Å². The average Bonchev–Trinajstić information content (AvgIpc) is 2.76. The van der Waals surface area contributed by atoms with Crippen molar-refractivity contribution in [3.05, 3.63) is 48.3 Å². The Bertz CT molecular complexity index is 531. The van der Waals surface area contributed by atoms with E-state index in [1.165, 1.54) is 0 Å². The van der Waals surface area contributed by atoms with Crippen LogP contribution in [0.1, 0.15) is 11.1 Å². The normalized spacial score (nSPS) is 10.2. The molecule has 0 spiro atoms. The van der Waals surface area contributed by atoms with E-state index in [0.29, 0.717) is 6.54 Å². The third-order valence-corrected chi connectivity index (χ3v) is 2.53. The van der Waals surface area contributed by atoms with Gasteiger partial charge in [-0.25, -0.2) is 4.68 Å². The highest BCUT2D eigenvalue weighted by atomic mass is 16.3. The fraction of sp³-hybridized carbons (Fsp3) is 0.154. The van der Waals surface area contributed by atoms with Crippen LogP contribution in [0.5, 0.6) is 5.75 Å². The quantitative estimate of drug-likeness (QED) is 0.792. The molecule has 1 aromatic heterocycles. The van der Waals surface area contributed by atoms with Gasteiger partial charge in [0, 0.05) is 30.2 Å². The average molecular weight is 229 g/mol. The van der Waals surface area contributed by atoms with Crippen LogP contribution in [0.4, 0.5) is 5.69 Å². The van der Waals surface area contributed by atoms with Crippen molar-refractivity contribution in [3.8, 4) is 5.75 Å². The zero-order valence-electron chi connectivity index (χ0n) is 9.72. The lowest BCUT2D eigenvalue weighted by atomic mass is 10.2. The maximum atomic E-state index is 9.31. The number of aromatic nitrogens is 2. The molecule has 2 N–H and O–H groups in total. The number of benzene rings is 1. The summed E-state index contributed by atoms with van der Waals surface area (Å²) in [7, 11) is 0. The van der Waals surface area contributed by atoms with E-state index in [9.17, 15) is 5.11 Å². The molecule has 88 valence electrons. The molecule has 4 heteroatoms. The van der Waals surface area contributed by atoms with Crippen LogP contribution >= 0.6 is 0 Å². The monoisotopic (exact) mass is 229 g/mol. The number of nitrogens with one attached hydrogen (secondary N) is 1. The highest BCUT2D eigenvalue weighted by molar-refractivity contribution is 5.53. The number of anilines is 1. The third kappa shape index (κ3) is 2.66. The fourth-order valence-electron chi connectivity index (χ4n) is 1.61. The first-order valence-electron chi connectivity index (χ1n) is 5.38. The van der Waals surface area contributed by atoms with Crippen molar-refractivity contribution in [3.63, 3.8) is 0 Å². The molecular weight excluding hydrogens is 214 g/mol. The van der Waals surface area contributed by atoms with E-state index < -0.39 is 0 Å². The number of nitrogens with zero attached hydrogens (tertiary/aromatic N) is 2. The Balaban J connectivity index is 2.04. The number of phenols is 1. The van der Waals surface area contributed by atoms with Crippen LogP contribution in [0.15, 0.2) is 37.2 Å². The highest BCUT2D eigenvalue weighted by Crippen LogP contribution is 2.20. The van der Waals surface area contributed by atoms with Crippen LogP contribution in [0.2, 0.25) is 0 Å². The predicted molar refractivity (Wildman–Crippen MR) is 68.8 cm³/mol. The van der Waals surface area contributed by atoms with E-state index in [-0.39, 0.29) is 5.75 Å². The molecule has 0 aliphatic heterocycles. The number of aryl methyl sites for hydroxylation is 1. The maximum Gasteiger partial charge on any atom is 0.115 e. The first kappa shape index (κ1) is 11.3. The third-order valence-electron chi connectivity index (χ3n) is 2.53. The molecule has 1 aromatic carbocycles. The minimum absolute atomic E-state index is 0.285. The minimum atomic E-state index is 0.285. The second-order valence-electron chi connectivity index (χ2n) is 3.86. The van der Waals surface area contributed by atoms with Gasteiger partial charge in [-0.1, -0.05) is 6.58 Å². The van der Waals surface area contributed by atoms with Crippen molar-refractivity contribution < 1.29 is 5.11 Å². The molecule has 0 aliphatic rings. The van der Waals surface area contributed by atoms with E-state index in [1.807, 2.05) is 19.2 Å². The van der Waals surface area contributed by atoms with Gasteiger partial charge in [-0.05, 0) is 30.7 Å². The Morgan fingerprint density at radius 2 is 2.35 bits per heavy atom. The van der Waals surface area contributed by atoms with Crippen LogP contribution in [0.25, 0.3) is 6.20 Å². The van der Waals surface area contributed by atoms with Gasteiger partial charge in [-0.15, -0.1) is 0 Å². The lowest BCUT2D eigenvalue weighted by Gasteiger charge is -2.08. The van der Waals surface area contributed by atoms with Crippen molar-refractivity contribution in [2.75, 3.05) is 5.32 Å². The molecule has 0 saturated carbocycles. The highest BCUT2D eigenvalue weighted by Gasteiger charge is 2.00. The zero-order chi connectivity index (χ0) is 12.3. The van der Waals surface area contributed by atoms with Crippen molar-refractivity contribution in [1.82, 2.24) is 9.78 Å². The SMILES string of the molecule is C=Cn1cc(CNc2ccc(O)cc2C)cn1. The van der Waals surface area contributed by atoms with Gasteiger partial charge < -0.3 is 10.4 Å². The Labute approximate surface area is 100 Å². The predicted octanol–water partition coefficient (Wildman–Crippen LogP) is 2.61. The first-order chi connectivity index (χ1) is 8.19. The smallest absolute Gasteiger partial charge is 0.115 e.